The molecule has 0 aromatic heterocycles. The number of rotatable bonds is 6. The predicted molar refractivity (Wildman–Crippen MR) is 84.9 cm³/mol. The molecule has 3 nitrogen and oxygen atoms in total. The Kier molecular flexibility index (Phi) is 4.69. The van der Waals surface area contributed by atoms with Gasteiger partial charge in [-0.3, -0.25) is 0 Å². The van der Waals surface area contributed by atoms with Gasteiger partial charge in [0.15, 0.2) is 11.5 Å². The Labute approximate surface area is 128 Å². The third-order valence-corrected chi connectivity index (χ3v) is 4.96. The third kappa shape index (κ3) is 3.70. The van der Waals surface area contributed by atoms with Gasteiger partial charge in [0.25, 0.3) is 0 Å². The summed E-state index contributed by atoms with van der Waals surface area (Å²) in [5, 5.41) is 3.79. The van der Waals surface area contributed by atoms with Gasteiger partial charge in [-0.05, 0) is 63.1 Å². The smallest absolute Gasteiger partial charge is 0.231 e. The van der Waals surface area contributed by atoms with Crippen LogP contribution in [-0.2, 0) is 6.42 Å². The minimum Gasteiger partial charge on any atom is -0.454 e. The molecule has 1 fully saturated rings. The molecular formula is C18H27NO2. The molecule has 2 unspecified atom stereocenters. The summed E-state index contributed by atoms with van der Waals surface area (Å²) in [5.74, 6) is 2.66. The van der Waals surface area contributed by atoms with E-state index in [0.717, 1.165) is 30.3 Å². The quantitative estimate of drug-likeness (QED) is 0.861. The second kappa shape index (κ2) is 6.69. The summed E-state index contributed by atoms with van der Waals surface area (Å²) in [6.07, 6.45) is 7.90. The molecular weight excluding hydrogens is 262 g/mol. The highest BCUT2D eigenvalue weighted by molar-refractivity contribution is 5.44. The highest BCUT2D eigenvalue weighted by Gasteiger charge is 2.22. The lowest BCUT2D eigenvalue weighted by molar-refractivity contribution is 0.174. The lowest BCUT2D eigenvalue weighted by Gasteiger charge is -2.25. The fourth-order valence-electron chi connectivity index (χ4n) is 3.61. The zero-order valence-electron chi connectivity index (χ0n) is 13.2. The molecule has 1 aromatic carbocycles. The van der Waals surface area contributed by atoms with Gasteiger partial charge in [0, 0.05) is 12.1 Å². The molecule has 2 aliphatic rings. The molecule has 2 atom stereocenters. The second-order valence-corrected chi connectivity index (χ2v) is 6.63. The molecule has 1 aromatic rings. The van der Waals surface area contributed by atoms with Gasteiger partial charge in [-0.1, -0.05) is 18.9 Å². The largest absolute Gasteiger partial charge is 0.454 e. The number of fused-ring (bicyclic) bond motifs is 1. The van der Waals surface area contributed by atoms with Crippen molar-refractivity contribution in [2.75, 3.05) is 6.79 Å². The number of aryl methyl sites for hydroxylation is 1. The van der Waals surface area contributed by atoms with Gasteiger partial charge in [0.2, 0.25) is 6.79 Å². The van der Waals surface area contributed by atoms with Crippen LogP contribution in [0.1, 0.15) is 51.5 Å². The van der Waals surface area contributed by atoms with Crippen molar-refractivity contribution in [3.8, 4) is 11.5 Å². The van der Waals surface area contributed by atoms with Crippen molar-refractivity contribution >= 4 is 0 Å². The molecule has 3 rings (SSSR count). The standard InChI is InChI=1S/C18H27NO2/c1-13(19-14(2)16-5-3-4-6-16)7-8-15-9-10-17-18(11-15)21-12-20-17/h9-11,13-14,16,19H,3-8,12H2,1-2H3. The molecule has 1 heterocycles. The molecule has 1 aliphatic heterocycles. The summed E-state index contributed by atoms with van der Waals surface area (Å²) in [4.78, 5) is 0. The van der Waals surface area contributed by atoms with Crippen LogP contribution in [0.3, 0.4) is 0 Å². The van der Waals surface area contributed by atoms with Crippen LogP contribution in [0.5, 0.6) is 11.5 Å². The maximum Gasteiger partial charge on any atom is 0.231 e. The van der Waals surface area contributed by atoms with Gasteiger partial charge < -0.3 is 14.8 Å². The van der Waals surface area contributed by atoms with E-state index in [4.69, 9.17) is 9.47 Å². The van der Waals surface area contributed by atoms with E-state index in [0.29, 0.717) is 18.9 Å². The average Bonchev–Trinajstić information content (AvgIpc) is 3.15. The number of benzene rings is 1. The molecule has 116 valence electrons. The molecule has 0 bridgehead atoms. The fourth-order valence-corrected chi connectivity index (χ4v) is 3.61. The minimum absolute atomic E-state index is 0.357. The first kappa shape index (κ1) is 14.7. The van der Waals surface area contributed by atoms with Crippen LogP contribution in [0, 0.1) is 5.92 Å². The molecule has 0 spiro atoms. The van der Waals surface area contributed by atoms with Crippen LogP contribution in [0.25, 0.3) is 0 Å². The zero-order chi connectivity index (χ0) is 14.7. The first-order valence-corrected chi connectivity index (χ1v) is 8.37. The van der Waals surface area contributed by atoms with Crippen molar-refractivity contribution in [2.45, 2.75) is 64.5 Å². The lowest BCUT2D eigenvalue weighted by atomic mass is 9.98. The number of ether oxygens (including phenoxy) is 2. The Balaban J connectivity index is 1.45. The van der Waals surface area contributed by atoms with E-state index >= 15 is 0 Å². The highest BCUT2D eigenvalue weighted by atomic mass is 16.7. The van der Waals surface area contributed by atoms with E-state index < -0.39 is 0 Å². The lowest BCUT2D eigenvalue weighted by Crippen LogP contribution is -2.38. The van der Waals surface area contributed by atoms with Crippen molar-refractivity contribution in [1.29, 1.82) is 0 Å². The fraction of sp³-hybridized carbons (Fsp3) is 0.667. The van der Waals surface area contributed by atoms with E-state index in [1.807, 2.05) is 6.07 Å². The monoisotopic (exact) mass is 289 g/mol. The first-order valence-electron chi connectivity index (χ1n) is 8.37. The Hall–Kier alpha value is -1.22. The molecule has 3 heteroatoms. The maximum atomic E-state index is 5.44. The SMILES string of the molecule is CC(CCc1ccc2c(c1)OCO2)NC(C)C1CCCC1. The van der Waals surface area contributed by atoms with Gasteiger partial charge in [0.05, 0.1) is 0 Å². The van der Waals surface area contributed by atoms with E-state index in [-0.39, 0.29) is 0 Å². The number of hydrogen-bond acceptors (Lipinski definition) is 3. The van der Waals surface area contributed by atoms with Crippen LogP contribution in [0.2, 0.25) is 0 Å². The summed E-state index contributed by atoms with van der Waals surface area (Å²) in [6.45, 7) is 5.02. The zero-order valence-corrected chi connectivity index (χ0v) is 13.2. The number of hydrogen-bond donors (Lipinski definition) is 1. The highest BCUT2D eigenvalue weighted by Crippen LogP contribution is 2.33. The normalized spacial score (nSPS) is 20.7. The Morgan fingerprint density at radius 3 is 2.71 bits per heavy atom. The summed E-state index contributed by atoms with van der Waals surface area (Å²) in [5.41, 5.74) is 1.33. The van der Waals surface area contributed by atoms with E-state index in [9.17, 15) is 0 Å². The Bertz CT molecular complexity index is 468. The molecule has 0 amide bonds. The summed E-state index contributed by atoms with van der Waals surface area (Å²) < 4.78 is 10.8. The molecule has 1 N–H and O–H groups in total. The molecule has 21 heavy (non-hydrogen) atoms. The van der Waals surface area contributed by atoms with Gasteiger partial charge in [0.1, 0.15) is 0 Å². The maximum absolute atomic E-state index is 5.44. The first-order chi connectivity index (χ1) is 10.2. The predicted octanol–water partition coefficient (Wildman–Crippen LogP) is 3.90. The Morgan fingerprint density at radius 2 is 1.90 bits per heavy atom. The summed E-state index contributed by atoms with van der Waals surface area (Å²) >= 11 is 0. The van der Waals surface area contributed by atoms with Crippen LogP contribution >= 0.6 is 0 Å². The van der Waals surface area contributed by atoms with Gasteiger partial charge in [-0.2, -0.15) is 0 Å². The third-order valence-electron chi connectivity index (χ3n) is 4.96. The topological polar surface area (TPSA) is 30.5 Å². The van der Waals surface area contributed by atoms with E-state index in [1.54, 1.807) is 0 Å². The van der Waals surface area contributed by atoms with Crippen molar-refractivity contribution < 1.29 is 9.47 Å². The van der Waals surface area contributed by atoms with Crippen molar-refractivity contribution in [1.82, 2.24) is 5.32 Å². The molecule has 1 aliphatic carbocycles. The van der Waals surface area contributed by atoms with Crippen LogP contribution in [0.15, 0.2) is 18.2 Å². The van der Waals surface area contributed by atoms with Crippen molar-refractivity contribution in [3.05, 3.63) is 23.8 Å². The van der Waals surface area contributed by atoms with E-state index in [1.165, 1.54) is 31.2 Å². The van der Waals surface area contributed by atoms with Crippen LogP contribution in [0.4, 0.5) is 0 Å². The summed E-state index contributed by atoms with van der Waals surface area (Å²) in [7, 11) is 0. The minimum atomic E-state index is 0.357. The molecule has 1 saturated carbocycles. The second-order valence-electron chi connectivity index (χ2n) is 6.63. The van der Waals surface area contributed by atoms with Gasteiger partial charge >= 0.3 is 0 Å². The van der Waals surface area contributed by atoms with Crippen LogP contribution < -0.4 is 14.8 Å². The van der Waals surface area contributed by atoms with Crippen LogP contribution in [-0.4, -0.2) is 18.9 Å². The van der Waals surface area contributed by atoms with E-state index in [2.05, 4.69) is 31.3 Å². The summed E-state index contributed by atoms with van der Waals surface area (Å²) in [6, 6.07) is 7.51. The van der Waals surface area contributed by atoms with Gasteiger partial charge in [-0.25, -0.2) is 0 Å². The molecule has 0 saturated heterocycles. The van der Waals surface area contributed by atoms with Crippen molar-refractivity contribution in [2.24, 2.45) is 5.92 Å². The van der Waals surface area contributed by atoms with Crippen molar-refractivity contribution in [3.63, 3.8) is 0 Å². The van der Waals surface area contributed by atoms with Gasteiger partial charge in [-0.15, -0.1) is 0 Å². The number of nitrogens with one attached hydrogen (secondary N) is 1. The average molecular weight is 289 g/mol. The Morgan fingerprint density at radius 1 is 1.14 bits per heavy atom. The molecule has 0 radical (unpaired) electrons.